The van der Waals surface area contributed by atoms with Gasteiger partial charge in [0.15, 0.2) is 0 Å². The van der Waals surface area contributed by atoms with Crippen LogP contribution in [0.3, 0.4) is 0 Å². The van der Waals surface area contributed by atoms with Gasteiger partial charge in [-0.25, -0.2) is 0 Å². The zero-order valence-corrected chi connectivity index (χ0v) is 11.2. The molecule has 0 radical (unpaired) electrons. The van der Waals surface area contributed by atoms with Crippen LogP contribution in [0.2, 0.25) is 0 Å². The molecular formula is C13H24N2O3. The molecule has 104 valence electrons. The van der Waals surface area contributed by atoms with Crippen LogP contribution in [0.25, 0.3) is 0 Å². The summed E-state index contributed by atoms with van der Waals surface area (Å²) >= 11 is 0. The van der Waals surface area contributed by atoms with Crippen molar-refractivity contribution in [3.05, 3.63) is 0 Å². The van der Waals surface area contributed by atoms with E-state index in [4.69, 9.17) is 4.74 Å². The predicted molar refractivity (Wildman–Crippen MR) is 69.2 cm³/mol. The summed E-state index contributed by atoms with van der Waals surface area (Å²) < 4.78 is 4.99. The average molecular weight is 256 g/mol. The molecule has 1 N–H and O–H groups in total. The lowest BCUT2D eigenvalue weighted by Crippen LogP contribution is -2.32. The lowest BCUT2D eigenvalue weighted by molar-refractivity contribution is -0.142. The number of ether oxygens (including phenoxy) is 1. The fraction of sp³-hybridized carbons (Fsp3) is 0.846. The van der Waals surface area contributed by atoms with Crippen LogP contribution >= 0.6 is 0 Å². The third kappa shape index (κ3) is 6.00. The molecule has 1 aliphatic rings. The second kappa shape index (κ2) is 8.91. The molecule has 1 aliphatic heterocycles. The van der Waals surface area contributed by atoms with E-state index in [1.54, 1.807) is 0 Å². The van der Waals surface area contributed by atoms with Gasteiger partial charge in [-0.3, -0.25) is 9.59 Å². The first-order valence-corrected chi connectivity index (χ1v) is 6.88. The summed E-state index contributed by atoms with van der Waals surface area (Å²) in [5.74, 6) is -0.0589. The van der Waals surface area contributed by atoms with Gasteiger partial charge in [-0.2, -0.15) is 0 Å². The highest BCUT2D eigenvalue weighted by molar-refractivity contribution is 5.76. The molecule has 1 saturated heterocycles. The molecule has 0 bridgehead atoms. The van der Waals surface area contributed by atoms with Crippen molar-refractivity contribution in [1.82, 2.24) is 10.2 Å². The number of likely N-dealkylation sites (tertiary alicyclic amines) is 1. The van der Waals surface area contributed by atoms with E-state index in [0.717, 1.165) is 38.8 Å². The smallest absolute Gasteiger partial charge is 0.319 e. The van der Waals surface area contributed by atoms with Crippen LogP contribution in [-0.4, -0.2) is 49.6 Å². The third-order valence-electron chi connectivity index (χ3n) is 3.00. The number of hydrogen-bond donors (Lipinski definition) is 1. The monoisotopic (exact) mass is 256 g/mol. The van der Waals surface area contributed by atoms with Crippen molar-refractivity contribution in [3.63, 3.8) is 0 Å². The largest absolute Gasteiger partial charge is 0.465 e. The number of hydrogen-bond acceptors (Lipinski definition) is 4. The standard InChI is InChI=1S/C13H24N2O3/c1-2-3-10-18-13(17)11-14-7-6-12(16)15-8-4-5-9-15/h14H,2-11H2,1H3. The van der Waals surface area contributed by atoms with E-state index in [2.05, 4.69) is 12.2 Å². The second-order valence-corrected chi connectivity index (χ2v) is 4.59. The van der Waals surface area contributed by atoms with Crippen LogP contribution in [-0.2, 0) is 14.3 Å². The van der Waals surface area contributed by atoms with Crippen molar-refractivity contribution in [2.24, 2.45) is 0 Å². The summed E-state index contributed by atoms with van der Waals surface area (Å²) in [4.78, 5) is 24.8. The molecule has 1 fully saturated rings. The maximum atomic E-state index is 11.7. The van der Waals surface area contributed by atoms with Gasteiger partial charge in [-0.15, -0.1) is 0 Å². The SMILES string of the molecule is CCCCOC(=O)CNCCC(=O)N1CCCC1. The molecule has 0 aliphatic carbocycles. The van der Waals surface area contributed by atoms with E-state index in [9.17, 15) is 9.59 Å². The summed E-state index contributed by atoms with van der Waals surface area (Å²) in [5, 5.41) is 2.94. The third-order valence-corrected chi connectivity index (χ3v) is 3.00. The van der Waals surface area contributed by atoms with Gasteiger partial charge >= 0.3 is 5.97 Å². The Balaban J connectivity index is 1.97. The summed E-state index contributed by atoms with van der Waals surface area (Å²) in [6, 6.07) is 0. The summed E-state index contributed by atoms with van der Waals surface area (Å²) in [7, 11) is 0. The average Bonchev–Trinajstić information content (AvgIpc) is 2.88. The quantitative estimate of drug-likeness (QED) is 0.518. The molecular weight excluding hydrogens is 232 g/mol. The molecule has 0 aromatic heterocycles. The van der Waals surface area contributed by atoms with Gasteiger partial charge in [0.1, 0.15) is 0 Å². The lowest BCUT2D eigenvalue weighted by atomic mass is 10.3. The Labute approximate surface area is 109 Å². The number of carbonyl (C=O) groups excluding carboxylic acids is 2. The number of carbonyl (C=O) groups is 2. The van der Waals surface area contributed by atoms with E-state index in [0.29, 0.717) is 19.6 Å². The Morgan fingerprint density at radius 2 is 2.00 bits per heavy atom. The van der Waals surface area contributed by atoms with Crippen molar-refractivity contribution in [1.29, 1.82) is 0 Å². The Morgan fingerprint density at radius 3 is 2.67 bits per heavy atom. The molecule has 0 saturated carbocycles. The highest BCUT2D eigenvalue weighted by atomic mass is 16.5. The molecule has 0 aromatic rings. The number of nitrogens with one attached hydrogen (secondary N) is 1. The Bertz CT molecular complexity index is 263. The number of nitrogens with zero attached hydrogens (tertiary/aromatic N) is 1. The van der Waals surface area contributed by atoms with Gasteiger partial charge in [-0.1, -0.05) is 13.3 Å². The topological polar surface area (TPSA) is 58.6 Å². The summed E-state index contributed by atoms with van der Waals surface area (Å²) in [6.45, 7) is 5.05. The maximum Gasteiger partial charge on any atom is 0.319 e. The van der Waals surface area contributed by atoms with Gasteiger partial charge in [0.2, 0.25) is 5.91 Å². The number of esters is 1. The first-order chi connectivity index (χ1) is 8.74. The van der Waals surface area contributed by atoms with Crippen molar-refractivity contribution in [2.45, 2.75) is 39.0 Å². The molecule has 1 heterocycles. The zero-order valence-electron chi connectivity index (χ0n) is 11.2. The predicted octanol–water partition coefficient (Wildman–Crippen LogP) is 0.932. The highest BCUT2D eigenvalue weighted by Crippen LogP contribution is 2.08. The molecule has 0 spiro atoms. The molecule has 5 heteroatoms. The van der Waals surface area contributed by atoms with E-state index in [-0.39, 0.29) is 18.4 Å². The zero-order chi connectivity index (χ0) is 13.2. The van der Waals surface area contributed by atoms with Gasteiger partial charge in [-0.05, 0) is 19.3 Å². The molecule has 5 nitrogen and oxygen atoms in total. The molecule has 1 amide bonds. The first-order valence-electron chi connectivity index (χ1n) is 6.88. The fourth-order valence-corrected chi connectivity index (χ4v) is 1.89. The van der Waals surface area contributed by atoms with Gasteiger partial charge in [0.25, 0.3) is 0 Å². The van der Waals surface area contributed by atoms with Crippen LogP contribution in [0.4, 0.5) is 0 Å². The molecule has 0 aromatic carbocycles. The van der Waals surface area contributed by atoms with Crippen LogP contribution in [0.5, 0.6) is 0 Å². The van der Waals surface area contributed by atoms with Crippen LogP contribution in [0.1, 0.15) is 39.0 Å². The van der Waals surface area contributed by atoms with Crippen LogP contribution in [0.15, 0.2) is 0 Å². The minimum Gasteiger partial charge on any atom is -0.465 e. The molecule has 18 heavy (non-hydrogen) atoms. The first kappa shape index (κ1) is 15.0. The van der Waals surface area contributed by atoms with Crippen molar-refractivity contribution < 1.29 is 14.3 Å². The Kier molecular flexibility index (Phi) is 7.41. The molecule has 0 atom stereocenters. The second-order valence-electron chi connectivity index (χ2n) is 4.59. The minimum atomic E-state index is -0.239. The molecule has 0 unspecified atom stereocenters. The van der Waals surface area contributed by atoms with Crippen LogP contribution < -0.4 is 5.32 Å². The highest BCUT2D eigenvalue weighted by Gasteiger charge is 2.16. The lowest BCUT2D eigenvalue weighted by Gasteiger charge is -2.15. The van der Waals surface area contributed by atoms with Crippen molar-refractivity contribution in [3.8, 4) is 0 Å². The number of amides is 1. The van der Waals surface area contributed by atoms with Gasteiger partial charge in [0, 0.05) is 26.1 Å². The van der Waals surface area contributed by atoms with E-state index in [1.807, 2.05) is 4.90 Å². The minimum absolute atomic E-state index is 0.180. The van der Waals surface area contributed by atoms with Gasteiger partial charge in [0.05, 0.1) is 13.2 Å². The number of unbranched alkanes of at least 4 members (excludes halogenated alkanes) is 1. The fourth-order valence-electron chi connectivity index (χ4n) is 1.89. The molecule has 1 rings (SSSR count). The number of rotatable bonds is 8. The van der Waals surface area contributed by atoms with E-state index >= 15 is 0 Å². The van der Waals surface area contributed by atoms with Gasteiger partial charge < -0.3 is 15.0 Å². The summed E-state index contributed by atoms with van der Waals surface area (Å²) in [6.07, 6.45) is 4.61. The summed E-state index contributed by atoms with van der Waals surface area (Å²) in [5.41, 5.74) is 0. The maximum absolute atomic E-state index is 11.7. The van der Waals surface area contributed by atoms with Crippen molar-refractivity contribution >= 4 is 11.9 Å². The van der Waals surface area contributed by atoms with E-state index in [1.165, 1.54) is 0 Å². The normalized spacial score (nSPS) is 14.8. The Morgan fingerprint density at radius 1 is 1.28 bits per heavy atom. The van der Waals surface area contributed by atoms with E-state index < -0.39 is 0 Å². The Hall–Kier alpha value is -1.10. The van der Waals surface area contributed by atoms with Crippen LogP contribution in [0, 0.1) is 0 Å². The van der Waals surface area contributed by atoms with Crippen molar-refractivity contribution in [2.75, 3.05) is 32.8 Å².